The first-order valence-corrected chi connectivity index (χ1v) is 5.96. The summed E-state index contributed by atoms with van der Waals surface area (Å²) in [7, 11) is 1.68. The van der Waals surface area contributed by atoms with Crippen LogP contribution < -0.4 is 4.74 Å². The van der Waals surface area contributed by atoms with E-state index in [2.05, 4.69) is 28.9 Å². The van der Waals surface area contributed by atoms with Gasteiger partial charge in [-0.1, -0.05) is 33.6 Å². The lowest BCUT2D eigenvalue weighted by atomic mass is 10.1. The molecule has 0 N–H and O–H groups in total. The zero-order chi connectivity index (χ0) is 11.5. The Kier molecular flexibility index (Phi) is 3.34. The third-order valence-electron chi connectivity index (χ3n) is 2.45. The first kappa shape index (κ1) is 11.3. The zero-order valence-electron chi connectivity index (χ0n) is 9.24. The summed E-state index contributed by atoms with van der Waals surface area (Å²) >= 11 is 3.63. The number of furan rings is 1. The quantitative estimate of drug-likeness (QED) is 0.791. The molecule has 0 saturated carbocycles. The van der Waals surface area contributed by atoms with Crippen molar-refractivity contribution in [1.29, 1.82) is 0 Å². The van der Waals surface area contributed by atoms with Crippen molar-refractivity contribution in [2.45, 2.75) is 11.8 Å². The number of rotatable bonds is 3. The van der Waals surface area contributed by atoms with Crippen LogP contribution in [-0.4, -0.2) is 7.11 Å². The van der Waals surface area contributed by atoms with Crippen molar-refractivity contribution in [1.82, 2.24) is 0 Å². The Morgan fingerprint density at radius 2 is 2.12 bits per heavy atom. The summed E-state index contributed by atoms with van der Waals surface area (Å²) in [6.45, 7) is 2.06. The topological polar surface area (TPSA) is 22.4 Å². The van der Waals surface area contributed by atoms with Gasteiger partial charge in [-0.2, -0.15) is 0 Å². The van der Waals surface area contributed by atoms with Gasteiger partial charge >= 0.3 is 0 Å². The van der Waals surface area contributed by atoms with Gasteiger partial charge in [0.1, 0.15) is 16.3 Å². The molecule has 1 atom stereocenters. The highest BCUT2D eigenvalue weighted by molar-refractivity contribution is 9.09. The SMILES string of the molecule is COc1ccc(C)cc1C(Br)c1ccco1. The van der Waals surface area contributed by atoms with Gasteiger partial charge in [0.05, 0.1) is 13.4 Å². The molecule has 84 valence electrons. The largest absolute Gasteiger partial charge is 0.496 e. The molecule has 0 aliphatic heterocycles. The first-order valence-electron chi connectivity index (χ1n) is 5.04. The number of hydrogen-bond donors (Lipinski definition) is 0. The third-order valence-corrected chi connectivity index (χ3v) is 3.40. The number of methoxy groups -OCH3 is 1. The lowest BCUT2D eigenvalue weighted by molar-refractivity contribution is 0.408. The van der Waals surface area contributed by atoms with Crippen LogP contribution in [0.1, 0.15) is 21.7 Å². The van der Waals surface area contributed by atoms with Crippen molar-refractivity contribution in [3.05, 3.63) is 53.5 Å². The summed E-state index contributed by atoms with van der Waals surface area (Å²) in [5, 5.41) is 0. The maximum atomic E-state index is 5.39. The highest BCUT2D eigenvalue weighted by Crippen LogP contribution is 2.37. The minimum Gasteiger partial charge on any atom is -0.496 e. The molecule has 1 unspecified atom stereocenters. The average molecular weight is 281 g/mol. The van der Waals surface area contributed by atoms with E-state index in [9.17, 15) is 0 Å². The second-order valence-electron chi connectivity index (χ2n) is 3.62. The fourth-order valence-corrected chi connectivity index (χ4v) is 2.26. The number of aryl methyl sites for hydroxylation is 1. The maximum absolute atomic E-state index is 5.39. The van der Waals surface area contributed by atoms with Gasteiger partial charge in [0.25, 0.3) is 0 Å². The fraction of sp³-hybridized carbons (Fsp3) is 0.231. The number of halogens is 1. The molecule has 0 saturated heterocycles. The van der Waals surface area contributed by atoms with E-state index in [0.717, 1.165) is 17.1 Å². The second kappa shape index (κ2) is 4.74. The van der Waals surface area contributed by atoms with E-state index in [0.29, 0.717) is 0 Å². The molecule has 0 radical (unpaired) electrons. The first-order chi connectivity index (χ1) is 7.72. The van der Waals surface area contributed by atoms with E-state index in [1.165, 1.54) is 5.56 Å². The zero-order valence-corrected chi connectivity index (χ0v) is 10.8. The predicted molar refractivity (Wildman–Crippen MR) is 67.2 cm³/mol. The van der Waals surface area contributed by atoms with E-state index >= 15 is 0 Å². The molecule has 0 fully saturated rings. The van der Waals surface area contributed by atoms with Gasteiger partial charge in [-0.3, -0.25) is 0 Å². The molecule has 1 aromatic heterocycles. The smallest absolute Gasteiger partial charge is 0.123 e. The Morgan fingerprint density at radius 1 is 1.31 bits per heavy atom. The second-order valence-corrected chi connectivity index (χ2v) is 4.54. The molecule has 0 amide bonds. The van der Waals surface area contributed by atoms with Crippen molar-refractivity contribution >= 4 is 15.9 Å². The Labute approximate surface area is 103 Å². The molecule has 16 heavy (non-hydrogen) atoms. The summed E-state index contributed by atoms with van der Waals surface area (Å²) in [5.41, 5.74) is 2.28. The normalized spacial score (nSPS) is 12.4. The molecule has 3 heteroatoms. The molecule has 0 bridgehead atoms. The maximum Gasteiger partial charge on any atom is 0.123 e. The minimum atomic E-state index is 0.0253. The van der Waals surface area contributed by atoms with Crippen molar-refractivity contribution < 1.29 is 9.15 Å². The molecule has 1 aromatic carbocycles. The van der Waals surface area contributed by atoms with Crippen LogP contribution in [0.3, 0.4) is 0 Å². The fourth-order valence-electron chi connectivity index (χ4n) is 1.64. The van der Waals surface area contributed by atoms with Gasteiger partial charge in [-0.05, 0) is 25.1 Å². The van der Waals surface area contributed by atoms with Crippen LogP contribution in [-0.2, 0) is 0 Å². The third kappa shape index (κ3) is 2.14. The molecule has 0 spiro atoms. The lowest BCUT2D eigenvalue weighted by Gasteiger charge is -2.13. The van der Waals surface area contributed by atoms with Crippen LogP contribution in [0.15, 0.2) is 41.0 Å². The molecular weight excluding hydrogens is 268 g/mol. The summed E-state index contributed by atoms with van der Waals surface area (Å²) in [4.78, 5) is 0.0253. The van der Waals surface area contributed by atoms with Crippen molar-refractivity contribution in [2.24, 2.45) is 0 Å². The molecule has 2 nitrogen and oxygen atoms in total. The van der Waals surface area contributed by atoms with Gasteiger partial charge < -0.3 is 9.15 Å². The molecule has 1 heterocycles. The molecule has 2 rings (SSSR count). The molecular formula is C13H13BrO2. The number of alkyl halides is 1. The highest BCUT2D eigenvalue weighted by atomic mass is 79.9. The monoisotopic (exact) mass is 280 g/mol. The van der Waals surface area contributed by atoms with E-state index in [1.807, 2.05) is 24.3 Å². The summed E-state index contributed by atoms with van der Waals surface area (Å²) in [6.07, 6.45) is 1.67. The van der Waals surface area contributed by atoms with Crippen molar-refractivity contribution in [3.63, 3.8) is 0 Å². The number of ether oxygens (including phenoxy) is 1. The average Bonchev–Trinajstić information content (AvgIpc) is 2.81. The van der Waals surface area contributed by atoms with Crippen molar-refractivity contribution in [3.8, 4) is 5.75 Å². The van der Waals surface area contributed by atoms with Crippen LogP contribution in [0.5, 0.6) is 5.75 Å². The summed E-state index contributed by atoms with van der Waals surface area (Å²) < 4.78 is 10.7. The van der Waals surface area contributed by atoms with E-state index < -0.39 is 0 Å². The Bertz CT molecular complexity index is 463. The lowest BCUT2D eigenvalue weighted by Crippen LogP contribution is -1.96. The Balaban J connectivity index is 2.42. The Morgan fingerprint density at radius 3 is 2.75 bits per heavy atom. The number of benzene rings is 1. The van der Waals surface area contributed by atoms with Crippen LogP contribution in [0.4, 0.5) is 0 Å². The number of hydrogen-bond acceptors (Lipinski definition) is 2. The summed E-state index contributed by atoms with van der Waals surface area (Å²) in [6, 6.07) is 9.93. The van der Waals surface area contributed by atoms with Gasteiger partial charge in [0, 0.05) is 5.56 Å². The highest BCUT2D eigenvalue weighted by Gasteiger charge is 2.17. The molecule has 0 aliphatic rings. The van der Waals surface area contributed by atoms with Crippen LogP contribution >= 0.6 is 15.9 Å². The Hall–Kier alpha value is -1.22. The van der Waals surface area contributed by atoms with Crippen LogP contribution in [0, 0.1) is 6.92 Å². The van der Waals surface area contributed by atoms with Crippen molar-refractivity contribution in [2.75, 3.05) is 7.11 Å². The van der Waals surface area contributed by atoms with Crippen LogP contribution in [0.25, 0.3) is 0 Å². The molecule has 0 aliphatic carbocycles. The minimum absolute atomic E-state index is 0.0253. The van der Waals surface area contributed by atoms with Gasteiger partial charge in [0.15, 0.2) is 0 Å². The molecule has 2 aromatic rings. The van der Waals surface area contributed by atoms with Gasteiger partial charge in [-0.15, -0.1) is 0 Å². The standard InChI is InChI=1S/C13H13BrO2/c1-9-5-6-11(15-2)10(8-9)13(14)12-4-3-7-16-12/h3-8,13H,1-2H3. The van der Waals surface area contributed by atoms with E-state index in [1.54, 1.807) is 13.4 Å². The van der Waals surface area contributed by atoms with E-state index in [-0.39, 0.29) is 4.83 Å². The van der Waals surface area contributed by atoms with Gasteiger partial charge in [0.2, 0.25) is 0 Å². The van der Waals surface area contributed by atoms with Gasteiger partial charge in [-0.25, -0.2) is 0 Å². The predicted octanol–water partition coefficient (Wildman–Crippen LogP) is 4.08. The van der Waals surface area contributed by atoms with Crippen LogP contribution in [0.2, 0.25) is 0 Å². The summed E-state index contributed by atoms with van der Waals surface area (Å²) in [5.74, 6) is 1.74. The van der Waals surface area contributed by atoms with E-state index in [4.69, 9.17) is 9.15 Å².